The Bertz CT molecular complexity index is 1350. The summed E-state index contributed by atoms with van der Waals surface area (Å²) in [6.07, 6.45) is -3.19. The highest BCUT2D eigenvalue weighted by Crippen LogP contribution is 2.31. The summed E-state index contributed by atoms with van der Waals surface area (Å²) in [5.41, 5.74) is 1.86. The first kappa shape index (κ1) is 25.3. The molecule has 0 bridgehead atoms. The number of amides is 1. The minimum absolute atomic E-state index is 0.0766. The van der Waals surface area contributed by atoms with E-state index in [1.165, 1.54) is 18.2 Å². The van der Waals surface area contributed by atoms with Crippen LogP contribution in [-0.2, 0) is 15.7 Å². The number of esters is 1. The van der Waals surface area contributed by atoms with Crippen LogP contribution in [0.4, 0.5) is 18.9 Å². The van der Waals surface area contributed by atoms with Crippen LogP contribution in [0.2, 0.25) is 0 Å². The highest BCUT2D eigenvalue weighted by atomic mass is 19.4. The lowest BCUT2D eigenvalue weighted by Gasteiger charge is -2.11. The fourth-order valence-corrected chi connectivity index (χ4v) is 3.59. The Morgan fingerprint density at radius 1 is 1.11 bits per heavy atom. The van der Waals surface area contributed by atoms with Crippen LogP contribution >= 0.6 is 0 Å². The van der Waals surface area contributed by atoms with Gasteiger partial charge >= 0.3 is 12.1 Å². The third-order valence-electron chi connectivity index (χ3n) is 5.20. The van der Waals surface area contributed by atoms with E-state index in [-0.39, 0.29) is 17.9 Å². The molecule has 1 heterocycles. The smallest absolute Gasteiger partial charge is 0.416 e. The topological polar surface area (TPSA) is 84.1 Å². The van der Waals surface area contributed by atoms with Crippen LogP contribution in [0.1, 0.15) is 39.8 Å². The summed E-state index contributed by atoms with van der Waals surface area (Å²) in [5, 5.41) is 11.9. The molecule has 0 aliphatic rings. The van der Waals surface area contributed by atoms with Crippen LogP contribution in [0.25, 0.3) is 11.8 Å². The van der Waals surface area contributed by atoms with Gasteiger partial charge in [0.1, 0.15) is 11.6 Å². The van der Waals surface area contributed by atoms with Crippen LogP contribution in [-0.4, -0.2) is 23.1 Å². The first-order valence-corrected chi connectivity index (χ1v) is 10.6. The molecule has 0 atom stereocenters. The summed E-state index contributed by atoms with van der Waals surface area (Å²) >= 11 is 0. The molecule has 9 heteroatoms. The van der Waals surface area contributed by atoms with Crippen molar-refractivity contribution in [2.75, 3.05) is 11.9 Å². The van der Waals surface area contributed by atoms with E-state index in [1.807, 2.05) is 17.6 Å². The first-order chi connectivity index (χ1) is 16.5. The van der Waals surface area contributed by atoms with Crippen LogP contribution in [0.5, 0.6) is 0 Å². The lowest BCUT2D eigenvalue weighted by Crippen LogP contribution is -2.14. The number of nitrogens with one attached hydrogen (secondary N) is 1. The Hall–Kier alpha value is -4.32. The number of rotatable bonds is 6. The lowest BCUT2D eigenvalue weighted by molar-refractivity contribution is -0.137. The number of ether oxygens (including phenoxy) is 1. The minimum atomic E-state index is -4.56. The van der Waals surface area contributed by atoms with E-state index in [0.29, 0.717) is 22.5 Å². The van der Waals surface area contributed by atoms with Gasteiger partial charge in [-0.05, 0) is 74.9 Å². The second-order valence-electron chi connectivity index (χ2n) is 7.64. The van der Waals surface area contributed by atoms with E-state index in [0.717, 1.165) is 17.8 Å². The van der Waals surface area contributed by atoms with Crippen molar-refractivity contribution in [2.24, 2.45) is 0 Å². The van der Waals surface area contributed by atoms with Crippen LogP contribution < -0.4 is 5.32 Å². The molecule has 0 fully saturated rings. The molecule has 0 aliphatic heterocycles. The van der Waals surface area contributed by atoms with Gasteiger partial charge in [0.15, 0.2) is 0 Å². The van der Waals surface area contributed by atoms with Gasteiger partial charge in [0.2, 0.25) is 0 Å². The second kappa shape index (κ2) is 10.3. The van der Waals surface area contributed by atoms with Crippen molar-refractivity contribution in [2.45, 2.75) is 26.9 Å². The summed E-state index contributed by atoms with van der Waals surface area (Å²) in [5.74, 6) is -1.28. The molecule has 6 nitrogen and oxygen atoms in total. The molecule has 1 aromatic heterocycles. The fourth-order valence-electron chi connectivity index (χ4n) is 3.59. The average molecular weight is 481 g/mol. The number of anilines is 1. The molecule has 0 aliphatic carbocycles. The maximum Gasteiger partial charge on any atom is 0.416 e. The number of aromatic nitrogens is 1. The monoisotopic (exact) mass is 481 g/mol. The van der Waals surface area contributed by atoms with Crippen molar-refractivity contribution < 1.29 is 27.5 Å². The molecular weight excluding hydrogens is 459 g/mol. The number of nitriles is 1. The molecule has 0 unspecified atom stereocenters. The number of aryl methyl sites for hydroxylation is 1. The van der Waals surface area contributed by atoms with Crippen molar-refractivity contribution in [1.29, 1.82) is 5.26 Å². The zero-order valence-corrected chi connectivity index (χ0v) is 19.2. The fraction of sp³-hybridized carbons (Fsp3) is 0.192. The van der Waals surface area contributed by atoms with Crippen LogP contribution in [0.3, 0.4) is 0 Å². The number of halogens is 3. The maximum atomic E-state index is 12.9. The van der Waals surface area contributed by atoms with E-state index in [1.54, 1.807) is 44.2 Å². The van der Waals surface area contributed by atoms with Crippen molar-refractivity contribution in [3.05, 3.63) is 88.2 Å². The maximum absolute atomic E-state index is 12.9. The number of carbonyl (C=O) groups excluding carboxylic acids is 2. The zero-order valence-electron chi connectivity index (χ0n) is 19.2. The van der Waals surface area contributed by atoms with Gasteiger partial charge in [-0.3, -0.25) is 4.79 Å². The highest BCUT2D eigenvalue weighted by molar-refractivity contribution is 6.09. The van der Waals surface area contributed by atoms with E-state index < -0.39 is 23.6 Å². The van der Waals surface area contributed by atoms with Gasteiger partial charge in [-0.2, -0.15) is 18.4 Å². The number of carbonyl (C=O) groups is 2. The van der Waals surface area contributed by atoms with E-state index in [4.69, 9.17) is 4.74 Å². The Morgan fingerprint density at radius 2 is 1.83 bits per heavy atom. The van der Waals surface area contributed by atoms with Gasteiger partial charge in [-0.1, -0.05) is 12.1 Å². The van der Waals surface area contributed by atoms with Gasteiger partial charge in [-0.25, -0.2) is 4.79 Å². The first-order valence-electron chi connectivity index (χ1n) is 10.6. The van der Waals surface area contributed by atoms with Crippen LogP contribution in [0.15, 0.2) is 60.2 Å². The molecule has 2 aromatic carbocycles. The summed E-state index contributed by atoms with van der Waals surface area (Å²) < 4.78 is 45.7. The van der Waals surface area contributed by atoms with Crippen LogP contribution in [0, 0.1) is 25.2 Å². The van der Waals surface area contributed by atoms with Gasteiger partial charge in [0, 0.05) is 22.8 Å². The molecule has 180 valence electrons. The number of hydrogen-bond donors (Lipinski definition) is 1. The molecule has 1 N–H and O–H groups in total. The summed E-state index contributed by atoms with van der Waals surface area (Å²) in [6, 6.07) is 14.6. The lowest BCUT2D eigenvalue weighted by atomic mass is 10.1. The zero-order chi connectivity index (χ0) is 25.8. The minimum Gasteiger partial charge on any atom is -0.462 e. The Labute approximate surface area is 200 Å². The molecule has 0 spiro atoms. The molecule has 0 saturated carbocycles. The second-order valence-corrected chi connectivity index (χ2v) is 7.64. The van der Waals surface area contributed by atoms with Crippen molar-refractivity contribution in [3.63, 3.8) is 0 Å². The number of nitrogens with zero attached hydrogens (tertiary/aromatic N) is 2. The number of alkyl halides is 3. The summed E-state index contributed by atoms with van der Waals surface area (Å²) in [4.78, 5) is 24.7. The predicted molar refractivity (Wildman–Crippen MR) is 125 cm³/mol. The Balaban J connectivity index is 1.92. The van der Waals surface area contributed by atoms with Gasteiger partial charge < -0.3 is 14.6 Å². The van der Waals surface area contributed by atoms with E-state index in [2.05, 4.69) is 5.32 Å². The van der Waals surface area contributed by atoms with Gasteiger partial charge in [0.25, 0.3) is 5.91 Å². The molecule has 1 amide bonds. The number of benzene rings is 2. The standard InChI is InChI=1S/C26H22F3N3O3/c1-4-35-25(34)18-7-5-10-23(13-18)32-16(2)11-19(17(32)3)12-20(15-30)24(33)31-22-9-6-8-21(14-22)26(27,28)29/h5-14H,4H2,1-3H3,(H,31,33)/b20-12-. The molecule has 0 saturated heterocycles. The molecule has 3 rings (SSSR count). The predicted octanol–water partition coefficient (Wildman–Crippen LogP) is 5.84. The molecule has 35 heavy (non-hydrogen) atoms. The quantitative estimate of drug-likeness (QED) is 0.273. The average Bonchev–Trinajstić information content (AvgIpc) is 3.09. The third kappa shape index (κ3) is 5.79. The van der Waals surface area contributed by atoms with E-state index >= 15 is 0 Å². The van der Waals surface area contributed by atoms with Crippen molar-refractivity contribution in [3.8, 4) is 11.8 Å². The summed E-state index contributed by atoms with van der Waals surface area (Å²) in [6.45, 7) is 5.58. The summed E-state index contributed by atoms with van der Waals surface area (Å²) in [7, 11) is 0. The SMILES string of the molecule is CCOC(=O)c1cccc(-n2c(C)cc(/C=C(/C#N)C(=O)Nc3cccc(C(F)(F)F)c3)c2C)c1. The Kier molecular flexibility index (Phi) is 7.45. The largest absolute Gasteiger partial charge is 0.462 e. The van der Waals surface area contributed by atoms with Gasteiger partial charge in [0.05, 0.1) is 17.7 Å². The Morgan fingerprint density at radius 3 is 2.49 bits per heavy atom. The third-order valence-corrected chi connectivity index (χ3v) is 5.20. The number of hydrogen-bond acceptors (Lipinski definition) is 4. The van der Waals surface area contributed by atoms with Crippen molar-refractivity contribution in [1.82, 2.24) is 4.57 Å². The van der Waals surface area contributed by atoms with Crippen molar-refractivity contribution >= 4 is 23.6 Å². The van der Waals surface area contributed by atoms with Gasteiger partial charge in [-0.15, -0.1) is 0 Å². The molecule has 0 radical (unpaired) electrons. The molecular formula is C26H22F3N3O3. The van der Waals surface area contributed by atoms with E-state index in [9.17, 15) is 28.0 Å². The molecule has 3 aromatic rings. The normalized spacial score (nSPS) is 11.6. The highest BCUT2D eigenvalue weighted by Gasteiger charge is 2.30.